The number of ether oxygens (including phenoxy) is 2. The molecular weight excluding hydrogens is 459 g/mol. The Kier molecular flexibility index (Phi) is 12.4. The second-order valence-corrected chi connectivity index (χ2v) is 8.04. The van der Waals surface area contributed by atoms with E-state index >= 15 is 0 Å². The maximum absolute atomic E-state index is 13.0. The Bertz CT molecular complexity index is 777. The summed E-state index contributed by atoms with van der Waals surface area (Å²) in [6.45, 7) is 2.14. The molecule has 0 bridgehead atoms. The highest BCUT2D eigenvalue weighted by Crippen LogP contribution is 2.13. The highest BCUT2D eigenvalue weighted by Gasteiger charge is 2.34. The van der Waals surface area contributed by atoms with Gasteiger partial charge in [0, 0.05) is 7.11 Å². The largest absolute Gasteiger partial charge is 0.447 e. The van der Waals surface area contributed by atoms with Crippen molar-refractivity contribution in [1.82, 2.24) is 16.0 Å². The van der Waals surface area contributed by atoms with Crippen molar-refractivity contribution in [3.63, 3.8) is 0 Å². The predicted octanol–water partition coefficient (Wildman–Crippen LogP) is 1.54. The monoisotopic (exact) mass is 491 g/mol. The smallest absolute Gasteiger partial charge is 0.407 e. The summed E-state index contributed by atoms with van der Waals surface area (Å²) in [5.74, 6) is -2.03. The van der Waals surface area contributed by atoms with Crippen molar-refractivity contribution < 1.29 is 42.1 Å². The number of aliphatic hydroxyl groups is 1. The van der Waals surface area contributed by atoms with Crippen LogP contribution < -0.4 is 16.0 Å². The zero-order chi connectivity index (χ0) is 25.7. The van der Waals surface area contributed by atoms with Gasteiger partial charge in [0.15, 0.2) is 6.10 Å². The molecule has 0 spiro atoms. The zero-order valence-electron chi connectivity index (χ0n) is 19.4. The third-order valence-corrected chi connectivity index (χ3v) is 4.58. The molecule has 1 unspecified atom stereocenters. The first-order valence-electron chi connectivity index (χ1n) is 10.7. The standard InChI is InChI=1S/C22H32F3N3O6/c1-14(2)11-17(28-21(32)34-10-9-33-3)19(30)27-16(12-15-7-5-4-6-8-15)18(29)20(31)26-13-22(23,24)25/h4-8,14,16-18,29H,9-13H2,1-3H3,(H,26,31)(H,27,30)(H,28,32)/t16-,17-,18?/m0/s1. The number of hydrogen-bond acceptors (Lipinski definition) is 6. The lowest BCUT2D eigenvalue weighted by Crippen LogP contribution is -2.57. The summed E-state index contributed by atoms with van der Waals surface area (Å²) in [7, 11) is 1.43. The number of amides is 3. The molecule has 0 radical (unpaired) electrons. The van der Waals surface area contributed by atoms with E-state index in [2.05, 4.69) is 10.6 Å². The van der Waals surface area contributed by atoms with Gasteiger partial charge in [0.05, 0.1) is 12.6 Å². The molecule has 4 N–H and O–H groups in total. The molecule has 34 heavy (non-hydrogen) atoms. The van der Waals surface area contributed by atoms with E-state index < -0.39 is 48.8 Å². The summed E-state index contributed by atoms with van der Waals surface area (Å²) in [5, 5.41) is 17.0. The molecule has 3 amide bonds. The number of alkyl carbamates (subject to hydrolysis) is 1. The Hall–Kier alpha value is -2.86. The van der Waals surface area contributed by atoms with E-state index in [1.807, 2.05) is 13.8 Å². The number of rotatable bonds is 13. The lowest BCUT2D eigenvalue weighted by molar-refractivity contribution is -0.145. The van der Waals surface area contributed by atoms with Gasteiger partial charge in [-0.25, -0.2) is 4.79 Å². The summed E-state index contributed by atoms with van der Waals surface area (Å²) in [6, 6.07) is 6.16. The van der Waals surface area contributed by atoms with Crippen molar-refractivity contribution in [3.05, 3.63) is 35.9 Å². The Morgan fingerprint density at radius 2 is 1.68 bits per heavy atom. The molecule has 0 aliphatic rings. The number of nitrogens with one attached hydrogen (secondary N) is 3. The fourth-order valence-corrected chi connectivity index (χ4v) is 2.97. The maximum Gasteiger partial charge on any atom is 0.407 e. The molecule has 1 rings (SSSR count). The van der Waals surface area contributed by atoms with Gasteiger partial charge in [-0.3, -0.25) is 9.59 Å². The molecule has 0 aromatic heterocycles. The fraction of sp³-hybridized carbons (Fsp3) is 0.591. The van der Waals surface area contributed by atoms with Crippen molar-refractivity contribution in [2.45, 2.75) is 51.1 Å². The molecule has 0 heterocycles. The van der Waals surface area contributed by atoms with E-state index in [4.69, 9.17) is 9.47 Å². The number of carbonyl (C=O) groups excluding carboxylic acids is 3. The van der Waals surface area contributed by atoms with E-state index in [0.29, 0.717) is 5.56 Å². The first-order chi connectivity index (χ1) is 15.9. The van der Waals surface area contributed by atoms with E-state index in [1.165, 1.54) is 7.11 Å². The lowest BCUT2D eigenvalue weighted by Gasteiger charge is -2.27. The topological polar surface area (TPSA) is 126 Å². The number of aliphatic hydroxyl groups excluding tert-OH is 1. The molecule has 0 saturated heterocycles. The van der Waals surface area contributed by atoms with Gasteiger partial charge in [-0.15, -0.1) is 0 Å². The van der Waals surface area contributed by atoms with Crippen LogP contribution in [0.25, 0.3) is 0 Å². The van der Waals surface area contributed by atoms with Gasteiger partial charge in [-0.2, -0.15) is 13.2 Å². The fourth-order valence-electron chi connectivity index (χ4n) is 2.97. The van der Waals surface area contributed by atoms with Gasteiger partial charge in [-0.05, 0) is 24.3 Å². The van der Waals surface area contributed by atoms with Gasteiger partial charge in [0.25, 0.3) is 5.91 Å². The molecule has 0 aliphatic heterocycles. The van der Waals surface area contributed by atoms with Crippen molar-refractivity contribution in [3.8, 4) is 0 Å². The third-order valence-electron chi connectivity index (χ3n) is 4.58. The molecule has 0 saturated carbocycles. The van der Waals surface area contributed by atoms with Gasteiger partial charge < -0.3 is 30.5 Å². The second-order valence-electron chi connectivity index (χ2n) is 8.04. The minimum absolute atomic E-state index is 0.0254. The van der Waals surface area contributed by atoms with Gasteiger partial charge in [0.2, 0.25) is 5.91 Å². The van der Waals surface area contributed by atoms with Crippen LogP contribution in [-0.4, -0.2) is 74.2 Å². The van der Waals surface area contributed by atoms with Crippen molar-refractivity contribution in [1.29, 1.82) is 0 Å². The van der Waals surface area contributed by atoms with Crippen LogP contribution in [0, 0.1) is 5.92 Å². The molecule has 9 nitrogen and oxygen atoms in total. The first-order valence-corrected chi connectivity index (χ1v) is 10.7. The molecule has 1 aromatic carbocycles. The minimum Gasteiger partial charge on any atom is -0.447 e. The normalized spacial score (nSPS) is 14.1. The van der Waals surface area contributed by atoms with E-state index in [-0.39, 0.29) is 32.0 Å². The zero-order valence-corrected chi connectivity index (χ0v) is 19.4. The predicted molar refractivity (Wildman–Crippen MR) is 117 cm³/mol. The van der Waals surface area contributed by atoms with Crippen LogP contribution in [0.3, 0.4) is 0 Å². The summed E-state index contributed by atoms with van der Waals surface area (Å²) in [5.41, 5.74) is 0.628. The SMILES string of the molecule is COCCOC(=O)N[C@@H](CC(C)C)C(=O)N[C@@H](Cc1ccccc1)C(O)C(=O)NCC(F)(F)F. The molecule has 1 aromatic rings. The Morgan fingerprint density at radius 1 is 1.03 bits per heavy atom. The quantitative estimate of drug-likeness (QED) is 0.310. The average Bonchev–Trinajstić information content (AvgIpc) is 2.76. The summed E-state index contributed by atoms with van der Waals surface area (Å²) in [6.07, 6.45) is -7.33. The number of halogens is 3. The number of benzene rings is 1. The Morgan fingerprint density at radius 3 is 2.24 bits per heavy atom. The Balaban J connectivity index is 2.98. The molecular formula is C22H32F3N3O6. The van der Waals surface area contributed by atoms with Crippen LogP contribution >= 0.6 is 0 Å². The van der Waals surface area contributed by atoms with E-state index in [9.17, 15) is 32.7 Å². The van der Waals surface area contributed by atoms with Gasteiger partial charge in [0.1, 0.15) is 19.2 Å². The molecule has 12 heteroatoms. The van der Waals surface area contributed by atoms with E-state index in [0.717, 1.165) is 0 Å². The highest BCUT2D eigenvalue weighted by molar-refractivity contribution is 5.87. The van der Waals surface area contributed by atoms with Crippen molar-refractivity contribution >= 4 is 17.9 Å². The van der Waals surface area contributed by atoms with Gasteiger partial charge in [-0.1, -0.05) is 44.2 Å². The summed E-state index contributed by atoms with van der Waals surface area (Å²) < 4.78 is 47.1. The van der Waals surface area contributed by atoms with Crippen LogP contribution in [0.2, 0.25) is 0 Å². The van der Waals surface area contributed by atoms with Crippen LogP contribution in [-0.2, 0) is 25.5 Å². The van der Waals surface area contributed by atoms with E-state index in [1.54, 1.807) is 35.6 Å². The molecule has 3 atom stereocenters. The minimum atomic E-state index is -4.66. The second kappa shape index (κ2) is 14.4. The first kappa shape index (κ1) is 29.2. The summed E-state index contributed by atoms with van der Waals surface area (Å²) in [4.78, 5) is 37.1. The van der Waals surface area contributed by atoms with Crippen LogP contribution in [0.4, 0.5) is 18.0 Å². The number of alkyl halides is 3. The molecule has 0 aliphatic carbocycles. The number of methoxy groups -OCH3 is 1. The summed E-state index contributed by atoms with van der Waals surface area (Å²) >= 11 is 0. The van der Waals surface area contributed by atoms with Crippen LogP contribution in [0.1, 0.15) is 25.8 Å². The maximum atomic E-state index is 13.0. The van der Waals surface area contributed by atoms with Crippen LogP contribution in [0.15, 0.2) is 30.3 Å². The number of hydrogen-bond donors (Lipinski definition) is 4. The van der Waals surface area contributed by atoms with Crippen LogP contribution in [0.5, 0.6) is 0 Å². The Labute approximate surface area is 196 Å². The number of carbonyl (C=O) groups is 3. The van der Waals surface area contributed by atoms with Crippen molar-refractivity contribution in [2.24, 2.45) is 5.92 Å². The van der Waals surface area contributed by atoms with Gasteiger partial charge >= 0.3 is 12.3 Å². The lowest BCUT2D eigenvalue weighted by atomic mass is 9.98. The highest BCUT2D eigenvalue weighted by atomic mass is 19.4. The van der Waals surface area contributed by atoms with Crippen molar-refractivity contribution in [2.75, 3.05) is 26.9 Å². The average molecular weight is 492 g/mol. The molecule has 0 fully saturated rings. The molecule has 192 valence electrons. The third kappa shape index (κ3) is 11.8.